The van der Waals surface area contributed by atoms with Crippen molar-refractivity contribution in [1.29, 1.82) is 0 Å². The van der Waals surface area contributed by atoms with Crippen LogP contribution in [0.5, 0.6) is 0 Å². The van der Waals surface area contributed by atoms with Crippen LogP contribution in [0.25, 0.3) is 0 Å². The molecule has 154 valence electrons. The number of rotatable bonds is 5. The molecule has 2 aliphatic rings. The first-order valence-corrected chi connectivity index (χ1v) is 9.89. The summed E-state index contributed by atoms with van der Waals surface area (Å²) in [6.07, 6.45) is 5.37. The minimum Gasteiger partial charge on any atom is -0.343 e. The van der Waals surface area contributed by atoms with Gasteiger partial charge in [0.2, 0.25) is 0 Å². The molecule has 3 atom stereocenters. The summed E-state index contributed by atoms with van der Waals surface area (Å²) in [7, 11) is 0. The van der Waals surface area contributed by atoms with E-state index in [1.54, 1.807) is 24.4 Å². The van der Waals surface area contributed by atoms with E-state index in [-0.39, 0.29) is 30.1 Å². The van der Waals surface area contributed by atoms with Gasteiger partial charge in [0.05, 0.1) is 11.6 Å². The van der Waals surface area contributed by atoms with Crippen molar-refractivity contribution in [2.75, 3.05) is 4.90 Å². The fraction of sp³-hybridized carbons (Fsp3) is 0.375. The molecule has 0 radical (unpaired) electrons. The summed E-state index contributed by atoms with van der Waals surface area (Å²) in [4.78, 5) is 14.6. The van der Waals surface area contributed by atoms with E-state index < -0.39 is 11.7 Å². The number of alkyl halides is 3. The fourth-order valence-electron chi connectivity index (χ4n) is 4.07. The number of halogens is 3. The highest BCUT2D eigenvalue weighted by molar-refractivity contribution is 5.94. The van der Waals surface area contributed by atoms with Gasteiger partial charge in [-0.1, -0.05) is 50.3 Å². The van der Waals surface area contributed by atoms with Gasteiger partial charge in [-0.25, -0.2) is 0 Å². The normalized spacial score (nSPS) is 24.8. The Bertz CT molecular complexity index is 846. The van der Waals surface area contributed by atoms with Gasteiger partial charge in [0.25, 0.3) is 0 Å². The lowest BCUT2D eigenvalue weighted by Crippen LogP contribution is -2.48. The number of nitrogens with zero attached hydrogens (tertiary/aromatic N) is 1. The van der Waals surface area contributed by atoms with Crippen LogP contribution in [-0.4, -0.2) is 18.0 Å². The molecular weight excluding hydrogens is 375 g/mol. The van der Waals surface area contributed by atoms with E-state index in [1.807, 2.05) is 17.0 Å². The monoisotopic (exact) mass is 401 g/mol. The van der Waals surface area contributed by atoms with E-state index in [0.29, 0.717) is 12.3 Å². The molecule has 1 aromatic carbocycles. The first-order valence-electron chi connectivity index (χ1n) is 9.89. The number of allylic oxidation sites excluding steroid dienone is 5. The Kier molecular flexibility index (Phi) is 6.15. The molecule has 0 saturated carbocycles. The molecule has 0 spiro atoms. The maximum absolute atomic E-state index is 13.0. The van der Waals surface area contributed by atoms with E-state index in [1.165, 1.54) is 11.6 Å². The SMILES string of the molecule is C=CC[C@@H]1C(=O)C=CN(c2ccc(C(C)C)cc2)C1[C@@H]1C=CC(C(F)(F)F)=CC1. The second-order valence-electron chi connectivity index (χ2n) is 7.91. The van der Waals surface area contributed by atoms with Crippen LogP contribution in [0.15, 0.2) is 73.0 Å². The number of carbonyl (C=O) groups excluding carboxylic acids is 1. The highest BCUT2D eigenvalue weighted by Gasteiger charge is 2.40. The third-order valence-corrected chi connectivity index (χ3v) is 5.68. The Balaban J connectivity index is 1.95. The molecule has 1 aliphatic carbocycles. The Labute approximate surface area is 170 Å². The van der Waals surface area contributed by atoms with Crippen LogP contribution in [0, 0.1) is 11.8 Å². The van der Waals surface area contributed by atoms with Crippen LogP contribution in [-0.2, 0) is 4.79 Å². The minimum atomic E-state index is -4.35. The van der Waals surface area contributed by atoms with E-state index in [4.69, 9.17) is 0 Å². The van der Waals surface area contributed by atoms with Gasteiger partial charge in [-0.05, 0) is 42.5 Å². The number of ketones is 1. The maximum atomic E-state index is 13.0. The predicted octanol–water partition coefficient (Wildman–Crippen LogP) is 6.34. The number of hydrogen-bond acceptors (Lipinski definition) is 2. The summed E-state index contributed by atoms with van der Waals surface area (Å²) in [5.74, 6) is -0.162. The maximum Gasteiger partial charge on any atom is 0.416 e. The van der Waals surface area contributed by atoms with Crippen LogP contribution in [0.4, 0.5) is 18.9 Å². The van der Waals surface area contributed by atoms with Gasteiger partial charge >= 0.3 is 6.18 Å². The Morgan fingerprint density at radius 3 is 2.41 bits per heavy atom. The second kappa shape index (κ2) is 8.44. The first-order chi connectivity index (χ1) is 13.7. The summed E-state index contributed by atoms with van der Waals surface area (Å²) < 4.78 is 39.0. The molecule has 1 unspecified atom stereocenters. The molecule has 1 aromatic rings. The number of hydrogen-bond donors (Lipinski definition) is 0. The largest absolute Gasteiger partial charge is 0.416 e. The Morgan fingerprint density at radius 1 is 1.21 bits per heavy atom. The first kappa shape index (κ1) is 21.2. The zero-order valence-corrected chi connectivity index (χ0v) is 16.7. The standard InChI is InChI=1S/C24H26F3NO/c1-4-5-21-22(29)14-15-28(20-12-8-17(9-13-20)16(2)3)23(21)18-6-10-19(11-7-18)24(25,26)27/h4,6,8-16,18,21,23H,1,5,7H2,2-3H3/t18-,21-,23?/m1/s1. The number of carbonyl (C=O) groups is 1. The molecule has 5 heteroatoms. The third kappa shape index (κ3) is 4.55. The molecule has 0 saturated heterocycles. The second-order valence-corrected chi connectivity index (χ2v) is 7.91. The molecule has 3 rings (SSSR count). The van der Waals surface area contributed by atoms with Crippen molar-refractivity contribution < 1.29 is 18.0 Å². The molecule has 29 heavy (non-hydrogen) atoms. The van der Waals surface area contributed by atoms with Gasteiger partial charge in [-0.3, -0.25) is 4.79 Å². The van der Waals surface area contributed by atoms with Crippen molar-refractivity contribution in [2.45, 2.75) is 44.8 Å². The summed E-state index contributed by atoms with van der Waals surface area (Å²) in [5.41, 5.74) is 1.51. The summed E-state index contributed by atoms with van der Waals surface area (Å²) in [6, 6.07) is 7.87. The molecule has 0 fully saturated rings. The van der Waals surface area contributed by atoms with Crippen molar-refractivity contribution in [3.05, 3.63) is 78.6 Å². The van der Waals surface area contributed by atoms with E-state index in [9.17, 15) is 18.0 Å². The topological polar surface area (TPSA) is 20.3 Å². The Hall–Kier alpha value is -2.56. The molecular formula is C24H26F3NO. The molecule has 0 bridgehead atoms. The zero-order chi connectivity index (χ0) is 21.2. The highest BCUT2D eigenvalue weighted by atomic mass is 19.4. The quantitative estimate of drug-likeness (QED) is 0.537. The average molecular weight is 401 g/mol. The summed E-state index contributed by atoms with van der Waals surface area (Å²) in [6.45, 7) is 8.01. The van der Waals surface area contributed by atoms with Gasteiger partial charge < -0.3 is 4.90 Å². The van der Waals surface area contributed by atoms with Crippen molar-refractivity contribution >= 4 is 11.5 Å². The molecule has 1 heterocycles. The summed E-state index contributed by atoms with van der Waals surface area (Å²) in [5, 5.41) is 0. The van der Waals surface area contributed by atoms with E-state index >= 15 is 0 Å². The number of benzene rings is 1. The van der Waals surface area contributed by atoms with Crippen LogP contribution in [0.2, 0.25) is 0 Å². The smallest absolute Gasteiger partial charge is 0.343 e. The summed E-state index contributed by atoms with van der Waals surface area (Å²) >= 11 is 0. The van der Waals surface area contributed by atoms with Crippen molar-refractivity contribution in [3.63, 3.8) is 0 Å². The zero-order valence-electron chi connectivity index (χ0n) is 16.7. The average Bonchev–Trinajstić information content (AvgIpc) is 2.69. The van der Waals surface area contributed by atoms with Crippen molar-refractivity contribution in [3.8, 4) is 0 Å². The van der Waals surface area contributed by atoms with E-state index in [2.05, 4.69) is 32.6 Å². The van der Waals surface area contributed by atoms with Crippen LogP contribution >= 0.6 is 0 Å². The fourth-order valence-corrected chi connectivity index (χ4v) is 4.07. The third-order valence-electron chi connectivity index (χ3n) is 5.68. The van der Waals surface area contributed by atoms with E-state index in [0.717, 1.165) is 11.8 Å². The van der Waals surface area contributed by atoms with Crippen LogP contribution in [0.3, 0.4) is 0 Å². The molecule has 0 amide bonds. The van der Waals surface area contributed by atoms with Gasteiger partial charge in [0.15, 0.2) is 5.78 Å². The number of anilines is 1. The van der Waals surface area contributed by atoms with Crippen molar-refractivity contribution in [1.82, 2.24) is 0 Å². The van der Waals surface area contributed by atoms with Gasteiger partial charge in [0.1, 0.15) is 0 Å². The lowest BCUT2D eigenvalue weighted by Gasteiger charge is -2.42. The van der Waals surface area contributed by atoms with Crippen LogP contribution < -0.4 is 4.90 Å². The Morgan fingerprint density at radius 2 is 1.90 bits per heavy atom. The highest BCUT2D eigenvalue weighted by Crippen LogP contribution is 2.38. The molecule has 0 N–H and O–H groups in total. The molecule has 1 aliphatic heterocycles. The van der Waals surface area contributed by atoms with Crippen LogP contribution in [0.1, 0.15) is 38.2 Å². The van der Waals surface area contributed by atoms with Gasteiger partial charge in [0, 0.05) is 23.7 Å². The molecule has 0 aromatic heterocycles. The van der Waals surface area contributed by atoms with Gasteiger partial charge in [-0.2, -0.15) is 13.2 Å². The van der Waals surface area contributed by atoms with Crippen molar-refractivity contribution in [2.24, 2.45) is 11.8 Å². The lowest BCUT2D eigenvalue weighted by molar-refractivity contribution is -0.119. The predicted molar refractivity (Wildman–Crippen MR) is 111 cm³/mol. The molecule has 2 nitrogen and oxygen atoms in total. The van der Waals surface area contributed by atoms with Gasteiger partial charge in [-0.15, -0.1) is 6.58 Å². The lowest BCUT2D eigenvalue weighted by atomic mass is 9.77. The minimum absolute atomic E-state index is 0.0102.